The number of hydrogen-bond acceptors (Lipinski definition) is 8. The number of fused-ring (bicyclic) bond motifs is 1. The number of nitrogens with two attached hydrogens (primary N) is 1. The van der Waals surface area contributed by atoms with E-state index in [4.69, 9.17) is 22.1 Å². The largest absolute Gasteiger partial charge is 0.444 e. The van der Waals surface area contributed by atoms with Crippen LogP contribution in [0.25, 0.3) is 11.0 Å². The third kappa shape index (κ3) is 8.46. The van der Waals surface area contributed by atoms with Crippen LogP contribution < -0.4 is 11.1 Å². The van der Waals surface area contributed by atoms with Crippen molar-refractivity contribution in [2.75, 3.05) is 32.9 Å². The molecule has 2 aromatic rings. The standard InChI is InChI=1S/C10H19NO2.C8H5ClN4O.C2H7N/c1-10(2,3)13-9(12)11-7-5-4-6-8-11;9-5-1-4(2-14)6-7(13-5)8(10)12-3-11-6;1-3-2/h4-8H2,1-3H3;1-3H,(H2,10,11,12);3H,1-2H3. The Kier molecular flexibility index (Phi) is 10.4. The van der Waals surface area contributed by atoms with Gasteiger partial charge in [0.2, 0.25) is 0 Å². The molecule has 166 valence electrons. The number of carbonyl (C=O) groups is 2. The van der Waals surface area contributed by atoms with E-state index < -0.39 is 0 Å². The van der Waals surface area contributed by atoms with Gasteiger partial charge in [0.25, 0.3) is 0 Å². The molecule has 30 heavy (non-hydrogen) atoms. The molecular weight excluding hydrogens is 408 g/mol. The van der Waals surface area contributed by atoms with E-state index in [-0.39, 0.29) is 22.7 Å². The molecule has 0 aliphatic carbocycles. The zero-order chi connectivity index (χ0) is 22.7. The maximum atomic E-state index is 11.5. The number of pyridine rings is 1. The van der Waals surface area contributed by atoms with Crippen LogP contribution in [0, 0.1) is 0 Å². The zero-order valence-corrected chi connectivity index (χ0v) is 19.0. The predicted molar refractivity (Wildman–Crippen MR) is 119 cm³/mol. The summed E-state index contributed by atoms with van der Waals surface area (Å²) >= 11 is 5.69. The Labute approximate surface area is 182 Å². The molecule has 1 aliphatic heterocycles. The Bertz CT molecular complexity index is 835. The van der Waals surface area contributed by atoms with Crippen molar-refractivity contribution in [3.8, 4) is 0 Å². The molecular formula is C20H31ClN6O3. The number of rotatable bonds is 1. The molecule has 0 radical (unpaired) electrons. The molecule has 3 rings (SSSR count). The molecule has 3 heterocycles. The van der Waals surface area contributed by atoms with Gasteiger partial charge in [0.15, 0.2) is 12.1 Å². The highest BCUT2D eigenvalue weighted by molar-refractivity contribution is 6.30. The summed E-state index contributed by atoms with van der Waals surface area (Å²) in [6, 6.07) is 1.43. The third-order valence-corrected chi connectivity index (χ3v) is 3.95. The molecule has 1 amide bonds. The fourth-order valence-electron chi connectivity index (χ4n) is 2.54. The topological polar surface area (TPSA) is 123 Å². The van der Waals surface area contributed by atoms with Gasteiger partial charge in [0.05, 0.1) is 0 Å². The lowest BCUT2D eigenvalue weighted by Gasteiger charge is -2.29. The number of piperidine rings is 1. The van der Waals surface area contributed by atoms with Crippen molar-refractivity contribution >= 4 is 40.8 Å². The van der Waals surface area contributed by atoms with E-state index in [1.807, 2.05) is 34.9 Å². The van der Waals surface area contributed by atoms with Gasteiger partial charge in [0, 0.05) is 18.7 Å². The molecule has 2 aromatic heterocycles. The highest BCUT2D eigenvalue weighted by Crippen LogP contribution is 2.20. The summed E-state index contributed by atoms with van der Waals surface area (Å²) in [4.78, 5) is 35.6. The maximum absolute atomic E-state index is 11.5. The number of aromatic nitrogens is 3. The third-order valence-electron chi connectivity index (χ3n) is 3.75. The van der Waals surface area contributed by atoms with Crippen molar-refractivity contribution in [2.24, 2.45) is 0 Å². The Morgan fingerprint density at radius 2 is 1.80 bits per heavy atom. The maximum Gasteiger partial charge on any atom is 0.410 e. The van der Waals surface area contributed by atoms with Crippen molar-refractivity contribution < 1.29 is 14.3 Å². The SMILES string of the molecule is CC(C)(C)OC(=O)N1CCCCC1.CNC.Nc1ncnc2c(C=O)cc(Cl)nc12. The van der Waals surface area contributed by atoms with Crippen LogP contribution in [-0.2, 0) is 4.74 Å². The van der Waals surface area contributed by atoms with E-state index in [0.717, 1.165) is 25.9 Å². The second-order valence-electron chi connectivity index (χ2n) is 7.64. The fourth-order valence-corrected chi connectivity index (χ4v) is 2.74. The van der Waals surface area contributed by atoms with E-state index in [1.54, 1.807) is 4.90 Å². The summed E-state index contributed by atoms with van der Waals surface area (Å²) < 4.78 is 5.26. The molecule has 0 saturated carbocycles. The van der Waals surface area contributed by atoms with Gasteiger partial charge in [-0.15, -0.1) is 0 Å². The van der Waals surface area contributed by atoms with Gasteiger partial charge in [-0.05, 0) is 60.2 Å². The van der Waals surface area contributed by atoms with E-state index in [2.05, 4.69) is 20.3 Å². The number of likely N-dealkylation sites (tertiary alicyclic amines) is 1. The summed E-state index contributed by atoms with van der Waals surface area (Å²) in [5, 5.41) is 2.95. The number of ether oxygens (including phenoxy) is 1. The second-order valence-corrected chi connectivity index (χ2v) is 8.02. The number of amides is 1. The summed E-state index contributed by atoms with van der Waals surface area (Å²) in [5.74, 6) is 0.209. The smallest absolute Gasteiger partial charge is 0.410 e. The molecule has 1 fully saturated rings. The Hall–Kier alpha value is -2.52. The Morgan fingerprint density at radius 1 is 1.20 bits per heavy atom. The minimum Gasteiger partial charge on any atom is -0.444 e. The molecule has 10 heteroatoms. The highest BCUT2D eigenvalue weighted by Gasteiger charge is 2.22. The van der Waals surface area contributed by atoms with Crippen LogP contribution in [0.1, 0.15) is 50.4 Å². The highest BCUT2D eigenvalue weighted by atomic mass is 35.5. The van der Waals surface area contributed by atoms with Gasteiger partial charge in [0.1, 0.15) is 28.1 Å². The summed E-state index contributed by atoms with van der Waals surface area (Å²) in [7, 11) is 3.75. The average Bonchev–Trinajstić information content (AvgIpc) is 2.69. The van der Waals surface area contributed by atoms with Crippen LogP contribution in [0.2, 0.25) is 5.15 Å². The summed E-state index contributed by atoms with van der Waals surface area (Å²) in [6.07, 6.45) is 5.23. The van der Waals surface area contributed by atoms with E-state index in [0.29, 0.717) is 22.9 Å². The number of hydrogen-bond donors (Lipinski definition) is 2. The molecule has 0 aromatic carbocycles. The lowest BCUT2D eigenvalue weighted by molar-refractivity contribution is 0.0216. The van der Waals surface area contributed by atoms with Crippen LogP contribution in [0.4, 0.5) is 10.6 Å². The quantitative estimate of drug-likeness (QED) is 0.513. The van der Waals surface area contributed by atoms with Crippen molar-refractivity contribution in [3.63, 3.8) is 0 Å². The molecule has 1 saturated heterocycles. The molecule has 0 atom stereocenters. The van der Waals surface area contributed by atoms with Crippen LogP contribution in [0.15, 0.2) is 12.4 Å². The molecule has 1 aliphatic rings. The first-order valence-electron chi connectivity index (χ1n) is 9.71. The average molecular weight is 439 g/mol. The number of halogens is 1. The number of anilines is 1. The number of nitrogen functional groups attached to an aromatic ring is 1. The van der Waals surface area contributed by atoms with Crippen molar-refractivity contribution in [1.82, 2.24) is 25.2 Å². The van der Waals surface area contributed by atoms with Gasteiger partial charge in [-0.1, -0.05) is 11.6 Å². The van der Waals surface area contributed by atoms with E-state index in [1.165, 1.54) is 18.8 Å². The predicted octanol–water partition coefficient (Wildman–Crippen LogP) is 3.32. The van der Waals surface area contributed by atoms with Crippen molar-refractivity contribution in [1.29, 1.82) is 0 Å². The number of nitrogens with one attached hydrogen (secondary N) is 1. The van der Waals surface area contributed by atoms with Crippen molar-refractivity contribution in [3.05, 3.63) is 23.1 Å². The number of aldehydes is 1. The number of carbonyl (C=O) groups excluding carboxylic acids is 2. The first-order valence-corrected chi connectivity index (χ1v) is 10.1. The van der Waals surface area contributed by atoms with Gasteiger partial charge in [-0.2, -0.15) is 0 Å². The first kappa shape index (κ1) is 25.5. The Morgan fingerprint density at radius 3 is 2.33 bits per heavy atom. The molecule has 0 unspecified atom stereocenters. The lowest BCUT2D eigenvalue weighted by Crippen LogP contribution is -2.39. The summed E-state index contributed by atoms with van der Waals surface area (Å²) in [5.41, 5.74) is 6.31. The van der Waals surface area contributed by atoms with Gasteiger partial charge < -0.3 is 20.7 Å². The fraction of sp³-hybridized carbons (Fsp3) is 0.550. The monoisotopic (exact) mass is 438 g/mol. The van der Waals surface area contributed by atoms with Crippen LogP contribution >= 0.6 is 11.6 Å². The van der Waals surface area contributed by atoms with Crippen LogP contribution in [-0.4, -0.2) is 65.0 Å². The van der Waals surface area contributed by atoms with Gasteiger partial charge in [-0.25, -0.2) is 19.7 Å². The first-order chi connectivity index (χ1) is 14.1. The number of nitrogens with zero attached hydrogens (tertiary/aromatic N) is 4. The Balaban J connectivity index is 0.000000266. The normalized spacial score (nSPS) is 13.5. The molecule has 9 nitrogen and oxygen atoms in total. The van der Waals surface area contributed by atoms with Crippen molar-refractivity contribution in [2.45, 2.75) is 45.6 Å². The summed E-state index contributed by atoms with van der Waals surface area (Å²) in [6.45, 7) is 7.41. The van der Waals surface area contributed by atoms with E-state index in [9.17, 15) is 9.59 Å². The van der Waals surface area contributed by atoms with E-state index >= 15 is 0 Å². The lowest BCUT2D eigenvalue weighted by atomic mass is 10.1. The molecule has 0 bridgehead atoms. The minimum absolute atomic E-state index is 0.160. The minimum atomic E-state index is -0.367. The van der Waals surface area contributed by atoms with Gasteiger partial charge >= 0.3 is 6.09 Å². The second kappa shape index (κ2) is 12.2. The molecule has 3 N–H and O–H groups in total. The van der Waals surface area contributed by atoms with Gasteiger partial charge in [-0.3, -0.25) is 4.79 Å². The zero-order valence-electron chi connectivity index (χ0n) is 18.2. The van der Waals surface area contributed by atoms with Crippen LogP contribution in [0.5, 0.6) is 0 Å². The van der Waals surface area contributed by atoms with Crippen LogP contribution in [0.3, 0.4) is 0 Å². The molecule has 0 spiro atoms.